The highest BCUT2D eigenvalue weighted by Gasteiger charge is 2.11. The number of thioether (sulfide) groups is 1. The number of carbonyl (C=O) groups is 1. The average molecular weight is 359 g/mol. The Kier molecular flexibility index (Phi) is 8.35. The van der Waals surface area contributed by atoms with Gasteiger partial charge in [-0.15, -0.1) is 11.8 Å². The van der Waals surface area contributed by atoms with Crippen molar-refractivity contribution in [1.82, 2.24) is 4.90 Å². The van der Waals surface area contributed by atoms with E-state index < -0.39 is 6.10 Å². The molecule has 0 saturated heterocycles. The molecule has 2 rings (SSSR count). The van der Waals surface area contributed by atoms with E-state index in [-0.39, 0.29) is 5.91 Å². The number of hydrogen-bond donors (Lipinski definition) is 1. The number of ether oxygens (including phenoxy) is 1. The van der Waals surface area contributed by atoms with E-state index in [1.54, 1.807) is 11.9 Å². The molecule has 4 nitrogen and oxygen atoms in total. The quantitative estimate of drug-likeness (QED) is 0.661. The smallest absolute Gasteiger partial charge is 0.232 e. The number of amides is 1. The van der Waals surface area contributed by atoms with Gasteiger partial charge in [0, 0.05) is 19.3 Å². The summed E-state index contributed by atoms with van der Waals surface area (Å²) in [6.45, 7) is 1.25. The summed E-state index contributed by atoms with van der Waals surface area (Å²) in [5.74, 6) is 1.81. The summed E-state index contributed by atoms with van der Waals surface area (Å²) in [6, 6.07) is 19.2. The van der Waals surface area contributed by atoms with Crippen LogP contribution in [0.4, 0.5) is 0 Å². The normalized spacial score (nSPS) is 11.8. The molecule has 1 unspecified atom stereocenters. The molecular weight excluding hydrogens is 334 g/mol. The van der Waals surface area contributed by atoms with Crippen LogP contribution < -0.4 is 4.74 Å². The van der Waals surface area contributed by atoms with Crippen LogP contribution in [0.3, 0.4) is 0 Å². The van der Waals surface area contributed by atoms with Crippen LogP contribution in [0.15, 0.2) is 60.7 Å². The van der Waals surface area contributed by atoms with Crippen LogP contribution in [0.25, 0.3) is 0 Å². The van der Waals surface area contributed by atoms with E-state index in [1.165, 1.54) is 11.8 Å². The van der Waals surface area contributed by atoms with Gasteiger partial charge in [0.25, 0.3) is 0 Å². The van der Waals surface area contributed by atoms with Crippen molar-refractivity contribution in [2.75, 3.05) is 31.7 Å². The van der Waals surface area contributed by atoms with Crippen LogP contribution >= 0.6 is 11.8 Å². The monoisotopic (exact) mass is 359 g/mol. The van der Waals surface area contributed by atoms with Crippen molar-refractivity contribution < 1.29 is 14.6 Å². The molecule has 5 heteroatoms. The largest absolute Gasteiger partial charge is 0.494 e. The zero-order valence-corrected chi connectivity index (χ0v) is 15.3. The molecule has 0 saturated carbocycles. The molecule has 2 aromatic carbocycles. The summed E-state index contributed by atoms with van der Waals surface area (Å²) in [6.07, 6.45) is 0.248. The predicted octanol–water partition coefficient (Wildman–Crippen LogP) is 3.38. The van der Waals surface area contributed by atoms with Gasteiger partial charge in [0.15, 0.2) is 0 Å². The van der Waals surface area contributed by atoms with Crippen LogP contribution in [0, 0.1) is 0 Å². The standard InChI is InChI=1S/C20H25NO3S/c1-21(13-8-14-24-18-11-6-3-7-12-18)20(23)16-25-15-19(22)17-9-4-2-5-10-17/h2-7,9-12,19,22H,8,13-16H2,1H3. The Balaban J connectivity index is 1.58. The Morgan fingerprint density at radius 1 is 1.12 bits per heavy atom. The maximum Gasteiger partial charge on any atom is 0.232 e. The molecule has 0 bridgehead atoms. The lowest BCUT2D eigenvalue weighted by Gasteiger charge is -2.18. The second kappa shape index (κ2) is 10.8. The van der Waals surface area contributed by atoms with Gasteiger partial charge in [-0.3, -0.25) is 4.79 Å². The van der Waals surface area contributed by atoms with Crippen LogP contribution in [-0.2, 0) is 4.79 Å². The van der Waals surface area contributed by atoms with Gasteiger partial charge in [0.1, 0.15) is 5.75 Å². The van der Waals surface area contributed by atoms with Crippen LogP contribution in [0.1, 0.15) is 18.1 Å². The van der Waals surface area contributed by atoms with E-state index in [1.807, 2.05) is 60.7 Å². The van der Waals surface area contributed by atoms with E-state index >= 15 is 0 Å². The third-order valence-electron chi connectivity index (χ3n) is 3.76. The fourth-order valence-electron chi connectivity index (χ4n) is 2.27. The lowest BCUT2D eigenvalue weighted by Crippen LogP contribution is -2.30. The van der Waals surface area contributed by atoms with E-state index in [9.17, 15) is 9.90 Å². The van der Waals surface area contributed by atoms with Gasteiger partial charge in [-0.25, -0.2) is 0 Å². The molecule has 0 aliphatic rings. The number of hydrogen-bond acceptors (Lipinski definition) is 4. The SMILES string of the molecule is CN(CCCOc1ccccc1)C(=O)CSCC(O)c1ccccc1. The minimum atomic E-state index is -0.538. The zero-order valence-electron chi connectivity index (χ0n) is 14.5. The van der Waals surface area contributed by atoms with Gasteiger partial charge in [0.05, 0.1) is 18.5 Å². The Bertz CT molecular complexity index is 621. The van der Waals surface area contributed by atoms with Gasteiger partial charge >= 0.3 is 0 Å². The lowest BCUT2D eigenvalue weighted by atomic mass is 10.1. The van der Waals surface area contributed by atoms with Crippen molar-refractivity contribution in [3.05, 3.63) is 66.2 Å². The molecule has 25 heavy (non-hydrogen) atoms. The van der Waals surface area contributed by atoms with E-state index in [4.69, 9.17) is 4.74 Å². The summed E-state index contributed by atoms with van der Waals surface area (Å²) < 4.78 is 5.62. The van der Waals surface area contributed by atoms with Crippen molar-refractivity contribution in [2.24, 2.45) is 0 Å². The number of rotatable bonds is 10. The fraction of sp³-hybridized carbons (Fsp3) is 0.350. The second-order valence-corrected chi connectivity index (χ2v) is 6.80. The van der Waals surface area contributed by atoms with Crippen molar-refractivity contribution in [3.63, 3.8) is 0 Å². The Labute approximate surface area is 153 Å². The van der Waals surface area contributed by atoms with E-state index in [0.29, 0.717) is 24.7 Å². The molecule has 0 spiro atoms. The molecule has 2 aromatic rings. The zero-order chi connectivity index (χ0) is 17.9. The molecule has 1 atom stereocenters. The number of aliphatic hydroxyl groups is 1. The van der Waals surface area contributed by atoms with Crippen LogP contribution in [0.5, 0.6) is 5.75 Å². The van der Waals surface area contributed by atoms with Gasteiger partial charge in [-0.1, -0.05) is 48.5 Å². The van der Waals surface area contributed by atoms with Crippen LogP contribution in [0.2, 0.25) is 0 Å². The van der Waals surface area contributed by atoms with Gasteiger partial charge in [-0.2, -0.15) is 0 Å². The van der Waals surface area contributed by atoms with Gasteiger partial charge in [-0.05, 0) is 24.1 Å². The summed E-state index contributed by atoms with van der Waals surface area (Å²) in [4.78, 5) is 13.8. The molecule has 0 aromatic heterocycles. The van der Waals surface area contributed by atoms with Crippen molar-refractivity contribution >= 4 is 17.7 Å². The van der Waals surface area contributed by atoms with Crippen LogP contribution in [-0.4, -0.2) is 47.6 Å². The maximum atomic E-state index is 12.1. The molecular formula is C20H25NO3S. The number of benzene rings is 2. The maximum absolute atomic E-state index is 12.1. The summed E-state index contributed by atoms with van der Waals surface area (Å²) in [5, 5.41) is 10.1. The third kappa shape index (κ3) is 7.20. The van der Waals surface area contributed by atoms with Crippen molar-refractivity contribution in [3.8, 4) is 5.75 Å². The average Bonchev–Trinajstić information content (AvgIpc) is 2.66. The van der Waals surface area contributed by atoms with Crippen molar-refractivity contribution in [1.29, 1.82) is 0 Å². The van der Waals surface area contributed by atoms with Gasteiger partial charge in [0.2, 0.25) is 5.91 Å². The Hall–Kier alpha value is -1.98. The van der Waals surface area contributed by atoms with Crippen molar-refractivity contribution in [2.45, 2.75) is 12.5 Å². The minimum absolute atomic E-state index is 0.0740. The first kappa shape index (κ1) is 19.3. The predicted molar refractivity (Wildman–Crippen MR) is 103 cm³/mol. The molecule has 0 fully saturated rings. The highest BCUT2D eigenvalue weighted by atomic mass is 32.2. The Morgan fingerprint density at radius 3 is 2.44 bits per heavy atom. The molecule has 134 valence electrons. The summed E-state index contributed by atoms with van der Waals surface area (Å²) in [5.41, 5.74) is 0.883. The summed E-state index contributed by atoms with van der Waals surface area (Å²) in [7, 11) is 1.80. The molecule has 0 heterocycles. The highest BCUT2D eigenvalue weighted by Crippen LogP contribution is 2.18. The number of carbonyl (C=O) groups excluding carboxylic acids is 1. The first-order chi connectivity index (χ1) is 12.2. The van der Waals surface area contributed by atoms with E-state index in [2.05, 4.69) is 0 Å². The van der Waals surface area contributed by atoms with E-state index in [0.717, 1.165) is 17.7 Å². The number of aliphatic hydroxyl groups excluding tert-OH is 1. The molecule has 0 aliphatic heterocycles. The first-order valence-corrected chi connectivity index (χ1v) is 9.55. The second-order valence-electron chi connectivity index (χ2n) is 5.77. The number of nitrogens with zero attached hydrogens (tertiary/aromatic N) is 1. The highest BCUT2D eigenvalue weighted by molar-refractivity contribution is 7.99. The molecule has 0 radical (unpaired) electrons. The molecule has 1 N–H and O–H groups in total. The third-order valence-corrected chi connectivity index (χ3v) is 4.76. The Morgan fingerprint density at radius 2 is 1.76 bits per heavy atom. The topological polar surface area (TPSA) is 49.8 Å². The molecule has 0 aliphatic carbocycles. The van der Waals surface area contributed by atoms with Gasteiger partial charge < -0.3 is 14.7 Å². The summed E-state index contributed by atoms with van der Waals surface area (Å²) >= 11 is 1.46. The first-order valence-electron chi connectivity index (χ1n) is 8.39. The fourth-order valence-corrected chi connectivity index (χ4v) is 3.20. The molecule has 1 amide bonds. The lowest BCUT2D eigenvalue weighted by molar-refractivity contribution is -0.127. The minimum Gasteiger partial charge on any atom is -0.494 e. The number of para-hydroxylation sites is 1.